The zero-order chi connectivity index (χ0) is 14.0. The van der Waals surface area contributed by atoms with E-state index in [1.54, 1.807) is 0 Å². The number of ether oxygens (including phenoxy) is 1. The van der Waals surface area contributed by atoms with Crippen molar-refractivity contribution in [3.8, 4) is 0 Å². The van der Waals surface area contributed by atoms with Crippen LogP contribution >= 0.6 is 0 Å². The second-order valence-electron chi connectivity index (χ2n) is 4.22. The third-order valence-electron chi connectivity index (χ3n) is 2.99. The van der Waals surface area contributed by atoms with Crippen LogP contribution < -0.4 is 5.32 Å². The lowest BCUT2D eigenvalue weighted by molar-refractivity contribution is -0.121. The van der Waals surface area contributed by atoms with Gasteiger partial charge in [-0.1, -0.05) is 20.8 Å². The van der Waals surface area contributed by atoms with Crippen LogP contribution in [0.1, 0.15) is 41.5 Å². The Hall–Kier alpha value is -1.10. The molecule has 0 aromatic heterocycles. The van der Waals surface area contributed by atoms with Gasteiger partial charge in [-0.25, -0.2) is 4.79 Å². The van der Waals surface area contributed by atoms with Crippen molar-refractivity contribution < 1.29 is 15.8 Å². The standard InChI is InChI=1S/C13H26N2O3.H2/c1-5-8-12(16)11(14-13(17)18-4)9-10-15(6-2)7-3;/h11H,5-10H2,1-4H3,(H,14,17);1H/t11-;/m0./s1. The molecule has 1 amide bonds. The van der Waals surface area contributed by atoms with Gasteiger partial charge in [-0.2, -0.15) is 0 Å². The van der Waals surface area contributed by atoms with Gasteiger partial charge in [0.15, 0.2) is 5.78 Å². The van der Waals surface area contributed by atoms with E-state index in [0.717, 1.165) is 26.1 Å². The van der Waals surface area contributed by atoms with Crippen LogP contribution in [0.15, 0.2) is 0 Å². The van der Waals surface area contributed by atoms with Gasteiger partial charge in [0.25, 0.3) is 0 Å². The first-order chi connectivity index (χ1) is 8.58. The molecule has 0 rings (SSSR count). The van der Waals surface area contributed by atoms with Gasteiger partial charge in [0.05, 0.1) is 13.2 Å². The van der Waals surface area contributed by atoms with Crippen molar-refractivity contribution in [1.82, 2.24) is 10.2 Å². The van der Waals surface area contributed by atoms with Crippen molar-refractivity contribution in [2.45, 2.75) is 46.1 Å². The molecule has 0 aliphatic heterocycles. The van der Waals surface area contributed by atoms with Crippen molar-refractivity contribution in [2.24, 2.45) is 0 Å². The number of Topliss-reactive ketones (excluding diaryl/α,β-unsaturated/α-hetero) is 1. The van der Waals surface area contributed by atoms with Crippen LogP contribution in [-0.4, -0.2) is 49.6 Å². The summed E-state index contributed by atoms with van der Waals surface area (Å²) in [6.07, 6.45) is 1.38. The molecular formula is C13H28N2O3. The van der Waals surface area contributed by atoms with Gasteiger partial charge in [0, 0.05) is 14.4 Å². The highest BCUT2D eigenvalue weighted by Crippen LogP contribution is 2.03. The first kappa shape index (κ1) is 16.9. The zero-order valence-corrected chi connectivity index (χ0v) is 12.0. The maximum Gasteiger partial charge on any atom is 0.407 e. The van der Waals surface area contributed by atoms with Crippen LogP contribution in [-0.2, 0) is 9.53 Å². The average Bonchev–Trinajstić information content (AvgIpc) is 2.38. The van der Waals surface area contributed by atoms with Gasteiger partial charge < -0.3 is 15.0 Å². The molecule has 0 unspecified atom stereocenters. The quantitative estimate of drug-likeness (QED) is 0.689. The van der Waals surface area contributed by atoms with E-state index in [9.17, 15) is 9.59 Å². The summed E-state index contributed by atoms with van der Waals surface area (Å²) in [5.74, 6) is 0.0788. The Morgan fingerprint density at radius 2 is 1.89 bits per heavy atom. The fourth-order valence-corrected chi connectivity index (χ4v) is 1.79. The van der Waals surface area contributed by atoms with E-state index < -0.39 is 12.1 Å². The lowest BCUT2D eigenvalue weighted by Gasteiger charge is -2.22. The molecule has 5 nitrogen and oxygen atoms in total. The molecular weight excluding hydrogens is 232 g/mol. The third-order valence-corrected chi connectivity index (χ3v) is 2.99. The van der Waals surface area contributed by atoms with Gasteiger partial charge in [-0.05, 0) is 25.9 Å². The van der Waals surface area contributed by atoms with Crippen LogP contribution in [0.4, 0.5) is 4.79 Å². The molecule has 0 saturated heterocycles. The highest BCUT2D eigenvalue weighted by molar-refractivity contribution is 5.87. The molecule has 1 N–H and O–H groups in total. The molecule has 0 heterocycles. The third kappa shape index (κ3) is 6.59. The number of methoxy groups -OCH3 is 1. The molecule has 0 bridgehead atoms. The molecule has 0 spiro atoms. The van der Waals surface area contributed by atoms with Gasteiger partial charge in [0.1, 0.15) is 0 Å². The van der Waals surface area contributed by atoms with E-state index in [4.69, 9.17) is 0 Å². The molecule has 5 heteroatoms. The van der Waals surface area contributed by atoms with E-state index >= 15 is 0 Å². The number of hydrogen-bond donors (Lipinski definition) is 1. The molecule has 0 fully saturated rings. The molecule has 108 valence electrons. The summed E-state index contributed by atoms with van der Waals surface area (Å²) < 4.78 is 4.55. The molecule has 18 heavy (non-hydrogen) atoms. The lowest BCUT2D eigenvalue weighted by Crippen LogP contribution is -2.43. The van der Waals surface area contributed by atoms with Crippen LogP contribution in [0.2, 0.25) is 0 Å². The molecule has 0 radical (unpaired) electrons. The first-order valence-corrected chi connectivity index (χ1v) is 6.68. The SMILES string of the molecule is CCCC(=O)[C@H](CCN(CC)CC)NC(=O)OC.[HH]. The fourth-order valence-electron chi connectivity index (χ4n) is 1.79. The van der Waals surface area contributed by atoms with E-state index in [1.807, 2.05) is 6.92 Å². The van der Waals surface area contributed by atoms with E-state index in [0.29, 0.717) is 12.8 Å². The average molecular weight is 260 g/mol. The largest absolute Gasteiger partial charge is 0.453 e. The van der Waals surface area contributed by atoms with Gasteiger partial charge in [-0.3, -0.25) is 4.79 Å². The number of alkyl carbamates (subject to hydrolysis) is 1. The Kier molecular flexibility index (Phi) is 9.28. The van der Waals surface area contributed by atoms with Gasteiger partial charge in [-0.15, -0.1) is 0 Å². The van der Waals surface area contributed by atoms with Crippen molar-refractivity contribution in [3.63, 3.8) is 0 Å². The van der Waals surface area contributed by atoms with Gasteiger partial charge >= 0.3 is 6.09 Å². The summed E-state index contributed by atoms with van der Waals surface area (Å²) in [4.78, 5) is 25.3. The summed E-state index contributed by atoms with van der Waals surface area (Å²) >= 11 is 0. The Morgan fingerprint density at radius 1 is 1.28 bits per heavy atom. The number of carbonyl (C=O) groups is 2. The van der Waals surface area contributed by atoms with Crippen LogP contribution in [0, 0.1) is 0 Å². The molecule has 0 aromatic rings. The number of hydrogen-bond acceptors (Lipinski definition) is 4. The summed E-state index contributed by atoms with van der Waals surface area (Å²) in [5.41, 5.74) is 0. The normalized spacial score (nSPS) is 12.3. The predicted octanol–water partition coefficient (Wildman–Crippen LogP) is 2.06. The minimum absolute atomic E-state index is 0. The second kappa shape index (κ2) is 9.88. The maximum atomic E-state index is 11.9. The van der Waals surface area contributed by atoms with Crippen LogP contribution in [0.25, 0.3) is 0 Å². The van der Waals surface area contributed by atoms with E-state index in [2.05, 4.69) is 28.8 Å². The number of carbonyl (C=O) groups excluding carboxylic acids is 2. The summed E-state index contributed by atoms with van der Waals surface area (Å²) in [6, 6.07) is -0.432. The van der Waals surface area contributed by atoms with Gasteiger partial charge in [0.2, 0.25) is 0 Å². The second-order valence-corrected chi connectivity index (χ2v) is 4.22. The first-order valence-electron chi connectivity index (χ1n) is 6.68. The molecule has 0 aliphatic rings. The van der Waals surface area contributed by atoms with Crippen molar-refractivity contribution >= 4 is 11.9 Å². The topological polar surface area (TPSA) is 58.6 Å². The fraction of sp³-hybridized carbons (Fsp3) is 0.846. The monoisotopic (exact) mass is 260 g/mol. The highest BCUT2D eigenvalue weighted by atomic mass is 16.5. The number of rotatable bonds is 9. The zero-order valence-electron chi connectivity index (χ0n) is 12.0. The minimum atomic E-state index is -0.538. The predicted molar refractivity (Wildman–Crippen MR) is 73.8 cm³/mol. The van der Waals surface area contributed by atoms with E-state index in [-0.39, 0.29) is 7.21 Å². The Morgan fingerprint density at radius 3 is 2.33 bits per heavy atom. The Labute approximate surface area is 111 Å². The molecule has 0 saturated carbocycles. The Bertz CT molecular complexity index is 258. The van der Waals surface area contributed by atoms with Crippen molar-refractivity contribution in [2.75, 3.05) is 26.7 Å². The molecule has 0 aromatic carbocycles. The maximum absolute atomic E-state index is 11.9. The van der Waals surface area contributed by atoms with Crippen molar-refractivity contribution in [3.05, 3.63) is 0 Å². The van der Waals surface area contributed by atoms with Crippen molar-refractivity contribution in [1.29, 1.82) is 0 Å². The van der Waals surface area contributed by atoms with Crippen LogP contribution in [0.3, 0.4) is 0 Å². The number of amides is 1. The summed E-state index contributed by atoms with van der Waals surface area (Å²) in [5, 5.41) is 2.62. The Balaban J connectivity index is 0. The highest BCUT2D eigenvalue weighted by Gasteiger charge is 2.20. The summed E-state index contributed by atoms with van der Waals surface area (Å²) in [7, 11) is 1.31. The molecule has 0 aliphatic carbocycles. The number of ketones is 1. The lowest BCUT2D eigenvalue weighted by atomic mass is 10.0. The summed E-state index contributed by atoms with van der Waals surface area (Å²) in [6.45, 7) is 8.82. The number of nitrogens with one attached hydrogen (secondary N) is 1. The number of nitrogens with zero attached hydrogens (tertiary/aromatic N) is 1. The van der Waals surface area contributed by atoms with E-state index in [1.165, 1.54) is 7.11 Å². The molecule has 1 atom stereocenters. The minimum Gasteiger partial charge on any atom is -0.453 e. The van der Waals surface area contributed by atoms with Crippen LogP contribution in [0.5, 0.6) is 0 Å². The smallest absolute Gasteiger partial charge is 0.407 e.